The monoisotopic (exact) mass is 148 g/mol. The number of carbonyl (C=O) groups is 1. The van der Waals surface area contributed by atoms with Crippen LogP contribution in [0.3, 0.4) is 0 Å². The average Bonchev–Trinajstić information content (AvgIpc) is 2.10. The second-order valence-electron chi connectivity index (χ2n) is 1.69. The van der Waals surface area contributed by atoms with Gasteiger partial charge in [-0.15, -0.1) is 0 Å². The van der Waals surface area contributed by atoms with Gasteiger partial charge in [0.05, 0.1) is 0 Å². The van der Waals surface area contributed by atoms with Crippen molar-refractivity contribution in [3.8, 4) is 0 Å². The molecule has 1 heterocycles. The van der Waals surface area contributed by atoms with Crippen LogP contribution >= 0.6 is 8.46 Å². The molecule has 0 aromatic rings. The molecule has 2 atom stereocenters. The van der Waals surface area contributed by atoms with E-state index in [2.05, 4.69) is 9.47 Å². The zero-order valence-corrected chi connectivity index (χ0v) is 5.63. The minimum atomic E-state index is -0.740. The number of cyclic esters (lactones) is 2. The fourth-order valence-electron chi connectivity index (χ4n) is 0.539. The summed E-state index contributed by atoms with van der Waals surface area (Å²) < 4.78 is 19.0. The molecule has 0 N–H and O–H groups in total. The number of ether oxygens (including phenoxy) is 2. The Balaban J connectivity index is 2.57. The summed E-state index contributed by atoms with van der Waals surface area (Å²) in [6.07, 6.45) is -1.13. The molecule has 5 heteroatoms. The van der Waals surface area contributed by atoms with E-state index in [1.165, 1.54) is 0 Å². The van der Waals surface area contributed by atoms with Crippen molar-refractivity contribution < 1.29 is 18.8 Å². The molecule has 0 radical (unpaired) electrons. The Bertz CT molecular complexity index is 146. The van der Waals surface area contributed by atoms with Gasteiger partial charge in [0, 0.05) is 0 Å². The van der Waals surface area contributed by atoms with E-state index in [1.54, 1.807) is 6.92 Å². The van der Waals surface area contributed by atoms with E-state index in [9.17, 15) is 9.36 Å². The molecule has 0 amide bonds. The lowest BCUT2D eigenvalue weighted by molar-refractivity contribution is 0.121. The van der Waals surface area contributed by atoms with Crippen LogP contribution in [0, 0.1) is 0 Å². The normalized spacial score (nSPS) is 34.1. The summed E-state index contributed by atoms with van der Waals surface area (Å²) in [5, 5.41) is 0. The standard InChI is InChI=1S/C4H5O4P/c1-2-3(9-6)8-4(5)7-2/h2-3H,1H3. The van der Waals surface area contributed by atoms with Crippen molar-refractivity contribution >= 4 is 14.6 Å². The van der Waals surface area contributed by atoms with Crippen LogP contribution in [-0.4, -0.2) is 18.1 Å². The fourth-order valence-corrected chi connectivity index (χ4v) is 0.901. The Kier molecular flexibility index (Phi) is 1.67. The highest BCUT2D eigenvalue weighted by molar-refractivity contribution is 7.24. The average molecular weight is 148 g/mol. The molecule has 0 aromatic heterocycles. The van der Waals surface area contributed by atoms with Crippen LogP contribution < -0.4 is 0 Å². The Hall–Kier alpha value is -0.630. The predicted octanol–water partition coefficient (Wildman–Crippen LogP) is 1.16. The van der Waals surface area contributed by atoms with E-state index in [-0.39, 0.29) is 8.46 Å². The van der Waals surface area contributed by atoms with Gasteiger partial charge >= 0.3 is 6.16 Å². The quantitative estimate of drug-likeness (QED) is 0.413. The van der Waals surface area contributed by atoms with Gasteiger partial charge in [-0.2, -0.15) is 0 Å². The first-order valence-corrected chi connectivity index (χ1v) is 3.32. The van der Waals surface area contributed by atoms with Crippen LogP contribution in [0.25, 0.3) is 0 Å². The number of hydrogen-bond donors (Lipinski definition) is 0. The van der Waals surface area contributed by atoms with Crippen LogP contribution in [0.1, 0.15) is 6.92 Å². The molecular formula is C4H5O4P. The Morgan fingerprint density at radius 1 is 1.56 bits per heavy atom. The van der Waals surface area contributed by atoms with E-state index in [1.807, 2.05) is 0 Å². The minimum Gasteiger partial charge on any atom is -0.426 e. The van der Waals surface area contributed by atoms with E-state index in [0.29, 0.717) is 0 Å². The van der Waals surface area contributed by atoms with Crippen LogP contribution in [0.15, 0.2) is 0 Å². The summed E-state index contributed by atoms with van der Waals surface area (Å²) in [4.78, 5) is 10.2. The summed E-state index contributed by atoms with van der Waals surface area (Å²) in [6.45, 7) is 1.63. The van der Waals surface area contributed by atoms with Crippen molar-refractivity contribution in [2.24, 2.45) is 0 Å². The van der Waals surface area contributed by atoms with Gasteiger partial charge < -0.3 is 9.47 Å². The second kappa shape index (κ2) is 2.31. The summed E-state index contributed by atoms with van der Waals surface area (Å²) in [5.74, 6) is -0.613. The maximum Gasteiger partial charge on any atom is 0.509 e. The van der Waals surface area contributed by atoms with Crippen molar-refractivity contribution in [3.05, 3.63) is 0 Å². The van der Waals surface area contributed by atoms with E-state index >= 15 is 0 Å². The first-order chi connectivity index (χ1) is 4.24. The third-order valence-corrected chi connectivity index (χ3v) is 1.74. The number of rotatable bonds is 1. The molecule has 50 valence electrons. The zero-order chi connectivity index (χ0) is 6.85. The van der Waals surface area contributed by atoms with Crippen LogP contribution in [0.4, 0.5) is 4.79 Å². The predicted molar refractivity (Wildman–Crippen MR) is 28.4 cm³/mol. The van der Waals surface area contributed by atoms with Crippen molar-refractivity contribution in [1.82, 2.24) is 0 Å². The molecule has 2 unspecified atom stereocenters. The van der Waals surface area contributed by atoms with Gasteiger partial charge in [0.1, 0.15) is 0 Å². The smallest absolute Gasteiger partial charge is 0.426 e. The molecule has 0 spiro atoms. The van der Waals surface area contributed by atoms with Crippen LogP contribution in [0.5, 0.6) is 0 Å². The highest BCUT2D eigenvalue weighted by Gasteiger charge is 2.33. The lowest BCUT2D eigenvalue weighted by Crippen LogP contribution is -2.10. The SMILES string of the molecule is CC1OC(=O)OC1P=O. The molecule has 4 nitrogen and oxygen atoms in total. The molecule has 0 aliphatic carbocycles. The first kappa shape index (κ1) is 6.49. The molecular weight excluding hydrogens is 143 g/mol. The van der Waals surface area contributed by atoms with Gasteiger partial charge in [-0.05, 0) is 6.92 Å². The fraction of sp³-hybridized carbons (Fsp3) is 0.750. The maximum absolute atomic E-state index is 10.2. The highest BCUT2D eigenvalue weighted by Crippen LogP contribution is 2.22. The number of carbonyl (C=O) groups excluding carboxylic acids is 1. The van der Waals surface area contributed by atoms with Crippen molar-refractivity contribution in [1.29, 1.82) is 0 Å². The zero-order valence-electron chi connectivity index (χ0n) is 4.73. The largest absolute Gasteiger partial charge is 0.509 e. The van der Waals surface area contributed by atoms with Crippen molar-refractivity contribution in [2.75, 3.05) is 0 Å². The van der Waals surface area contributed by atoms with Gasteiger partial charge in [0.15, 0.2) is 6.10 Å². The van der Waals surface area contributed by atoms with Crippen molar-refractivity contribution in [3.63, 3.8) is 0 Å². The van der Waals surface area contributed by atoms with Gasteiger partial charge in [0.2, 0.25) is 14.3 Å². The topological polar surface area (TPSA) is 52.6 Å². The highest BCUT2D eigenvalue weighted by atomic mass is 31.1. The van der Waals surface area contributed by atoms with Gasteiger partial charge in [-0.3, -0.25) is 4.57 Å². The first-order valence-electron chi connectivity index (χ1n) is 2.44. The van der Waals surface area contributed by atoms with E-state index < -0.39 is 18.1 Å². The molecule has 1 aliphatic rings. The van der Waals surface area contributed by atoms with Gasteiger partial charge in [0.25, 0.3) is 0 Å². The minimum absolute atomic E-state index is 0.207. The summed E-state index contributed by atoms with van der Waals surface area (Å²) in [5.41, 5.74) is 0. The lowest BCUT2D eigenvalue weighted by Gasteiger charge is -1.98. The Morgan fingerprint density at radius 2 is 2.22 bits per heavy atom. The molecule has 1 aliphatic heterocycles. The second-order valence-corrected chi connectivity index (χ2v) is 2.41. The lowest BCUT2D eigenvalue weighted by atomic mass is 10.4. The summed E-state index contributed by atoms with van der Waals surface area (Å²) >= 11 is 0. The Labute approximate surface area is 53.3 Å². The maximum atomic E-state index is 10.2. The molecule has 1 saturated heterocycles. The molecule has 0 bridgehead atoms. The van der Waals surface area contributed by atoms with E-state index in [0.717, 1.165) is 0 Å². The van der Waals surface area contributed by atoms with Gasteiger partial charge in [-0.1, -0.05) is 0 Å². The third kappa shape index (κ3) is 1.19. The molecule has 9 heavy (non-hydrogen) atoms. The van der Waals surface area contributed by atoms with Gasteiger partial charge in [-0.25, -0.2) is 4.79 Å². The molecule has 0 saturated carbocycles. The van der Waals surface area contributed by atoms with Crippen LogP contribution in [0.2, 0.25) is 0 Å². The Morgan fingerprint density at radius 3 is 2.44 bits per heavy atom. The third-order valence-electron chi connectivity index (χ3n) is 1.00. The molecule has 1 rings (SSSR count). The molecule has 0 aromatic carbocycles. The van der Waals surface area contributed by atoms with Crippen LogP contribution in [-0.2, 0) is 14.0 Å². The number of hydrogen-bond acceptors (Lipinski definition) is 4. The summed E-state index contributed by atoms with van der Waals surface area (Å²) in [7, 11) is -0.207. The summed E-state index contributed by atoms with van der Waals surface area (Å²) in [6, 6.07) is 0. The van der Waals surface area contributed by atoms with Crippen molar-refractivity contribution in [2.45, 2.75) is 18.9 Å². The molecule has 1 fully saturated rings. The van der Waals surface area contributed by atoms with E-state index in [4.69, 9.17) is 0 Å².